The Morgan fingerprint density at radius 3 is 2.76 bits per heavy atom. The molecule has 0 unspecified atom stereocenters. The Bertz CT molecular complexity index is 406. The molecule has 0 bridgehead atoms. The quantitative estimate of drug-likeness (QED) is 0.616. The van der Waals surface area contributed by atoms with Gasteiger partial charge in [-0.3, -0.25) is 4.79 Å². The van der Waals surface area contributed by atoms with Crippen LogP contribution in [0.4, 0.5) is 5.82 Å². The lowest BCUT2D eigenvalue weighted by Crippen LogP contribution is -2.27. The molecule has 0 atom stereocenters. The molecule has 0 aromatic carbocycles. The summed E-state index contributed by atoms with van der Waals surface area (Å²) in [5, 5.41) is 0. The van der Waals surface area contributed by atoms with Crippen molar-refractivity contribution >= 4 is 29.0 Å². The molecule has 17 heavy (non-hydrogen) atoms. The fourth-order valence-corrected chi connectivity index (χ4v) is 1.36. The number of pyridine rings is 1. The van der Waals surface area contributed by atoms with E-state index < -0.39 is 0 Å². The Kier molecular flexibility index (Phi) is 4.84. The number of thiocarbonyl (C=S) groups is 1. The van der Waals surface area contributed by atoms with E-state index in [1.807, 2.05) is 0 Å². The first-order valence-corrected chi connectivity index (χ1v) is 5.58. The highest BCUT2D eigenvalue weighted by molar-refractivity contribution is 7.80. The van der Waals surface area contributed by atoms with E-state index in [1.165, 1.54) is 0 Å². The molecule has 5 nitrogen and oxygen atoms in total. The molecule has 1 aromatic heterocycles. The number of hydrogen-bond donors (Lipinski definition) is 1. The van der Waals surface area contributed by atoms with Gasteiger partial charge in [0.15, 0.2) is 0 Å². The average molecular weight is 253 g/mol. The van der Waals surface area contributed by atoms with Crippen molar-refractivity contribution in [3.63, 3.8) is 0 Å². The van der Waals surface area contributed by atoms with Gasteiger partial charge in [0.1, 0.15) is 17.4 Å². The minimum Gasteiger partial charge on any atom is -0.465 e. The van der Waals surface area contributed by atoms with E-state index in [2.05, 4.69) is 4.98 Å². The van der Waals surface area contributed by atoms with Crippen LogP contribution in [0.1, 0.15) is 12.5 Å². The van der Waals surface area contributed by atoms with E-state index in [9.17, 15) is 4.79 Å². The van der Waals surface area contributed by atoms with Gasteiger partial charge in [0.2, 0.25) is 0 Å². The van der Waals surface area contributed by atoms with Gasteiger partial charge in [-0.2, -0.15) is 0 Å². The highest BCUT2D eigenvalue weighted by atomic mass is 32.1. The van der Waals surface area contributed by atoms with Crippen LogP contribution in [-0.4, -0.2) is 36.1 Å². The number of nitrogens with two attached hydrogens (primary N) is 1. The van der Waals surface area contributed by atoms with Crippen LogP contribution in [0.5, 0.6) is 0 Å². The predicted octanol–water partition coefficient (Wildman–Crippen LogP) is 0.715. The SMILES string of the molecule is CCOC(=O)CN(C)c1ccc(C(N)=S)cn1. The number of anilines is 1. The number of rotatable bonds is 5. The molecule has 1 heterocycles. The van der Waals surface area contributed by atoms with Gasteiger partial charge in [0.25, 0.3) is 0 Å². The number of carbonyl (C=O) groups excluding carboxylic acids is 1. The van der Waals surface area contributed by atoms with Crippen LogP contribution in [0.25, 0.3) is 0 Å². The normalized spacial score (nSPS) is 9.76. The first kappa shape index (κ1) is 13.4. The number of hydrogen-bond acceptors (Lipinski definition) is 5. The first-order valence-electron chi connectivity index (χ1n) is 5.17. The molecule has 0 saturated heterocycles. The van der Waals surface area contributed by atoms with Gasteiger partial charge in [-0.1, -0.05) is 12.2 Å². The van der Waals surface area contributed by atoms with E-state index >= 15 is 0 Å². The number of carbonyl (C=O) groups is 1. The maximum Gasteiger partial charge on any atom is 0.325 e. The van der Waals surface area contributed by atoms with Crippen LogP contribution in [0.15, 0.2) is 18.3 Å². The summed E-state index contributed by atoms with van der Waals surface area (Å²) in [7, 11) is 1.76. The standard InChI is InChI=1S/C11H15N3O2S/c1-3-16-10(15)7-14(2)9-5-4-8(6-13-9)11(12)17/h4-6H,3,7H2,1-2H3,(H2,12,17). The van der Waals surface area contributed by atoms with E-state index in [0.29, 0.717) is 23.0 Å². The lowest BCUT2D eigenvalue weighted by atomic mass is 10.3. The maximum atomic E-state index is 11.3. The Balaban J connectivity index is 2.66. The van der Waals surface area contributed by atoms with Crippen molar-refractivity contribution in [1.82, 2.24) is 4.98 Å². The minimum atomic E-state index is -0.282. The highest BCUT2D eigenvalue weighted by Crippen LogP contribution is 2.09. The Hall–Kier alpha value is -1.69. The summed E-state index contributed by atoms with van der Waals surface area (Å²) in [5.74, 6) is 0.383. The topological polar surface area (TPSA) is 68.5 Å². The smallest absolute Gasteiger partial charge is 0.325 e. The second-order valence-corrected chi connectivity index (χ2v) is 3.87. The zero-order valence-corrected chi connectivity index (χ0v) is 10.7. The molecule has 1 aromatic rings. The summed E-state index contributed by atoms with van der Waals surface area (Å²) in [4.78, 5) is 17.4. The summed E-state index contributed by atoms with van der Waals surface area (Å²) in [6.45, 7) is 2.31. The van der Waals surface area contributed by atoms with E-state index in [1.54, 1.807) is 37.2 Å². The summed E-state index contributed by atoms with van der Waals surface area (Å²) < 4.78 is 4.85. The van der Waals surface area contributed by atoms with Gasteiger partial charge in [-0.05, 0) is 19.1 Å². The highest BCUT2D eigenvalue weighted by Gasteiger charge is 2.09. The molecule has 0 spiro atoms. The molecule has 6 heteroatoms. The molecule has 0 saturated carbocycles. The molecule has 0 amide bonds. The lowest BCUT2D eigenvalue weighted by Gasteiger charge is -2.16. The van der Waals surface area contributed by atoms with Gasteiger partial charge >= 0.3 is 5.97 Å². The van der Waals surface area contributed by atoms with Crippen molar-refractivity contribution in [2.45, 2.75) is 6.92 Å². The van der Waals surface area contributed by atoms with Crippen molar-refractivity contribution in [2.75, 3.05) is 25.1 Å². The molecule has 92 valence electrons. The van der Waals surface area contributed by atoms with Gasteiger partial charge in [-0.15, -0.1) is 0 Å². The number of likely N-dealkylation sites (N-methyl/N-ethyl adjacent to an activating group) is 1. The maximum absolute atomic E-state index is 11.3. The zero-order valence-electron chi connectivity index (χ0n) is 9.84. The average Bonchev–Trinajstić information content (AvgIpc) is 2.29. The fourth-order valence-electron chi connectivity index (χ4n) is 1.24. The molecule has 0 aliphatic heterocycles. The molecule has 0 fully saturated rings. The number of nitrogens with zero attached hydrogens (tertiary/aromatic N) is 2. The second kappa shape index (κ2) is 6.15. The number of ether oxygens (including phenoxy) is 1. The molecular formula is C11H15N3O2S. The van der Waals surface area contributed by atoms with Gasteiger partial charge in [0.05, 0.1) is 6.61 Å². The van der Waals surface area contributed by atoms with Crippen LogP contribution in [0.2, 0.25) is 0 Å². The van der Waals surface area contributed by atoms with E-state index in [4.69, 9.17) is 22.7 Å². The fraction of sp³-hybridized carbons (Fsp3) is 0.364. The van der Waals surface area contributed by atoms with Gasteiger partial charge in [0, 0.05) is 18.8 Å². The summed E-state index contributed by atoms with van der Waals surface area (Å²) in [6, 6.07) is 3.53. The second-order valence-electron chi connectivity index (χ2n) is 3.43. The van der Waals surface area contributed by atoms with Gasteiger partial charge < -0.3 is 15.4 Å². The third-order valence-electron chi connectivity index (χ3n) is 2.10. The number of aromatic nitrogens is 1. The van der Waals surface area contributed by atoms with Crippen molar-refractivity contribution in [2.24, 2.45) is 5.73 Å². The van der Waals surface area contributed by atoms with E-state index in [0.717, 1.165) is 0 Å². The summed E-state index contributed by atoms with van der Waals surface area (Å²) in [5.41, 5.74) is 6.17. The third-order valence-corrected chi connectivity index (χ3v) is 2.33. The Morgan fingerprint density at radius 1 is 1.59 bits per heavy atom. The molecule has 1 rings (SSSR count). The van der Waals surface area contributed by atoms with Gasteiger partial charge in [-0.25, -0.2) is 4.98 Å². The summed E-state index contributed by atoms with van der Waals surface area (Å²) >= 11 is 4.83. The first-order chi connectivity index (χ1) is 8.04. The van der Waals surface area contributed by atoms with Crippen molar-refractivity contribution in [1.29, 1.82) is 0 Å². The molecule has 0 radical (unpaired) electrons. The largest absolute Gasteiger partial charge is 0.465 e. The lowest BCUT2D eigenvalue weighted by molar-refractivity contribution is -0.141. The molecule has 0 aliphatic carbocycles. The van der Waals surface area contributed by atoms with Crippen LogP contribution < -0.4 is 10.6 Å². The Morgan fingerprint density at radius 2 is 2.29 bits per heavy atom. The molecular weight excluding hydrogens is 238 g/mol. The van der Waals surface area contributed by atoms with Crippen LogP contribution in [0, 0.1) is 0 Å². The van der Waals surface area contributed by atoms with E-state index in [-0.39, 0.29) is 12.5 Å². The minimum absolute atomic E-state index is 0.160. The van der Waals surface area contributed by atoms with Crippen molar-refractivity contribution in [3.05, 3.63) is 23.9 Å². The van der Waals surface area contributed by atoms with Crippen LogP contribution in [-0.2, 0) is 9.53 Å². The Labute approximate surface area is 106 Å². The van der Waals surface area contributed by atoms with Crippen LogP contribution in [0.3, 0.4) is 0 Å². The zero-order chi connectivity index (χ0) is 12.8. The molecule has 2 N–H and O–H groups in total. The van der Waals surface area contributed by atoms with Crippen molar-refractivity contribution in [3.8, 4) is 0 Å². The summed E-state index contributed by atoms with van der Waals surface area (Å²) in [6.07, 6.45) is 1.58. The third kappa shape index (κ3) is 3.99. The molecule has 0 aliphatic rings. The number of esters is 1. The van der Waals surface area contributed by atoms with Crippen molar-refractivity contribution < 1.29 is 9.53 Å². The monoisotopic (exact) mass is 253 g/mol. The van der Waals surface area contributed by atoms with Crippen LogP contribution >= 0.6 is 12.2 Å². The predicted molar refractivity (Wildman–Crippen MR) is 70.0 cm³/mol.